The number of hydrogen-bond donors (Lipinski definition) is 1. The van der Waals surface area contributed by atoms with Crippen LogP contribution in [0.5, 0.6) is 11.5 Å². The molecule has 1 N–H and O–H groups in total. The molecule has 0 amide bonds. The van der Waals surface area contributed by atoms with Crippen molar-refractivity contribution in [2.24, 2.45) is 0 Å². The number of hydrogen-bond acceptors (Lipinski definition) is 3. The number of phenols is 1. The van der Waals surface area contributed by atoms with Gasteiger partial charge >= 0.3 is 0 Å². The van der Waals surface area contributed by atoms with E-state index in [-0.39, 0.29) is 21.0 Å². The maximum Gasteiger partial charge on any atom is 0.150 e. The summed E-state index contributed by atoms with van der Waals surface area (Å²) in [5.74, 6) is 1.29. The highest BCUT2D eigenvalue weighted by Crippen LogP contribution is 2.49. The Labute approximate surface area is 241 Å². The first-order valence-electron chi connectivity index (χ1n) is 14.9. The average Bonchev–Trinajstić information content (AvgIpc) is 3.02. The lowest BCUT2D eigenvalue weighted by Gasteiger charge is -2.34. The van der Waals surface area contributed by atoms with Crippen molar-refractivity contribution in [3.8, 4) is 22.6 Å². The fraction of sp³-hybridized carbons (Fsp3) is 0.333. The fourth-order valence-electron chi connectivity index (χ4n) is 6.64. The van der Waals surface area contributed by atoms with Crippen molar-refractivity contribution < 1.29 is 9.63 Å². The molecule has 0 aliphatic heterocycles. The van der Waals surface area contributed by atoms with Gasteiger partial charge in [0.25, 0.3) is 0 Å². The monoisotopic (exact) mass is 549 g/mol. The number of phenolic OH excluding ortho intramolecular Hbond substituents is 1. The molecule has 40 heavy (non-hydrogen) atoms. The minimum Gasteiger partial charge on any atom is -0.507 e. The van der Waals surface area contributed by atoms with Crippen LogP contribution < -0.4 is 4.52 Å². The third-order valence-corrected chi connectivity index (χ3v) is 10.2. The van der Waals surface area contributed by atoms with Gasteiger partial charge in [0.1, 0.15) is 11.5 Å². The second-order valence-electron chi connectivity index (χ2n) is 11.4. The Morgan fingerprint density at radius 3 is 1.70 bits per heavy atom. The van der Waals surface area contributed by atoms with Crippen LogP contribution in [0.15, 0.2) is 84.9 Å². The van der Waals surface area contributed by atoms with E-state index in [1.54, 1.807) is 0 Å². The van der Waals surface area contributed by atoms with E-state index in [4.69, 9.17) is 4.52 Å². The van der Waals surface area contributed by atoms with Gasteiger partial charge in [-0.1, -0.05) is 72.8 Å². The summed E-state index contributed by atoms with van der Waals surface area (Å²) in [7, 11) is 0.124. The Morgan fingerprint density at radius 2 is 1.12 bits per heavy atom. The molecule has 3 nitrogen and oxygen atoms in total. The van der Waals surface area contributed by atoms with Crippen LogP contribution >= 0.6 is 8.96 Å². The minimum absolute atomic E-state index is 0.124. The molecule has 0 saturated carbocycles. The maximum absolute atomic E-state index is 11.3. The van der Waals surface area contributed by atoms with Crippen molar-refractivity contribution in [3.05, 3.63) is 118 Å². The molecule has 206 valence electrons. The molecular formula is C36H40NO2P. The third-order valence-electron chi connectivity index (χ3n) is 8.91. The van der Waals surface area contributed by atoms with Crippen molar-refractivity contribution in [1.82, 2.24) is 4.67 Å². The number of aromatic hydroxyl groups is 1. The summed E-state index contributed by atoms with van der Waals surface area (Å²) >= 11 is 0. The van der Waals surface area contributed by atoms with Gasteiger partial charge in [-0.25, -0.2) is 4.67 Å². The quantitative estimate of drug-likeness (QED) is 0.222. The number of benzene rings is 4. The van der Waals surface area contributed by atoms with Gasteiger partial charge in [-0.3, -0.25) is 0 Å². The van der Waals surface area contributed by atoms with Gasteiger partial charge in [0.05, 0.1) is 0 Å². The van der Waals surface area contributed by atoms with E-state index in [0.717, 1.165) is 42.6 Å². The molecule has 4 aromatic carbocycles. The van der Waals surface area contributed by atoms with Crippen LogP contribution in [0.3, 0.4) is 0 Å². The van der Waals surface area contributed by atoms with Crippen LogP contribution in [0.4, 0.5) is 0 Å². The van der Waals surface area contributed by atoms with Crippen LogP contribution in [0.2, 0.25) is 0 Å². The van der Waals surface area contributed by atoms with E-state index in [9.17, 15) is 5.11 Å². The molecule has 4 aromatic rings. The summed E-state index contributed by atoms with van der Waals surface area (Å²) in [6.07, 6.45) is 9.06. The molecule has 0 saturated heterocycles. The van der Waals surface area contributed by atoms with Crippen LogP contribution in [-0.2, 0) is 25.7 Å². The number of nitrogens with zero attached hydrogens (tertiary/aromatic N) is 1. The Bertz CT molecular complexity index is 1410. The number of fused-ring (bicyclic) bond motifs is 2. The highest BCUT2D eigenvalue weighted by molar-refractivity contribution is 7.29. The van der Waals surface area contributed by atoms with E-state index < -0.39 is 0 Å². The normalized spacial score (nSPS) is 16.5. The highest BCUT2D eigenvalue weighted by atomic mass is 31.1. The molecule has 0 fully saturated rings. The first-order chi connectivity index (χ1) is 19.6. The summed E-state index contributed by atoms with van der Waals surface area (Å²) in [6, 6.07) is 30.3. The molecule has 0 radical (unpaired) electrons. The largest absolute Gasteiger partial charge is 0.507 e. The van der Waals surface area contributed by atoms with Crippen molar-refractivity contribution in [2.75, 3.05) is 0 Å². The summed E-state index contributed by atoms with van der Waals surface area (Å²) in [4.78, 5) is 0. The smallest absolute Gasteiger partial charge is 0.150 e. The van der Waals surface area contributed by atoms with Crippen molar-refractivity contribution in [2.45, 2.75) is 77.3 Å². The van der Waals surface area contributed by atoms with Crippen LogP contribution in [0, 0.1) is 0 Å². The van der Waals surface area contributed by atoms with Gasteiger partial charge in [-0.15, -0.1) is 0 Å². The Kier molecular flexibility index (Phi) is 8.23. The van der Waals surface area contributed by atoms with E-state index in [1.807, 2.05) is 6.07 Å². The van der Waals surface area contributed by atoms with Gasteiger partial charge in [0.15, 0.2) is 8.96 Å². The number of rotatable bonds is 8. The van der Waals surface area contributed by atoms with E-state index >= 15 is 0 Å². The second kappa shape index (κ2) is 12.2. The summed E-state index contributed by atoms with van der Waals surface area (Å²) in [5.41, 5.74) is 10.2. The SMILES string of the molecule is C[C@@H](c1ccccc1)N(POc1ccc2c(c1-c1c(O)ccc3c1CCCC3)CCCC2)[C@@H](C)c1ccccc1. The van der Waals surface area contributed by atoms with Gasteiger partial charge in [-0.05, 0) is 111 Å². The molecule has 3 atom stereocenters. The zero-order valence-electron chi connectivity index (χ0n) is 23.7. The van der Waals surface area contributed by atoms with Gasteiger partial charge in [0.2, 0.25) is 0 Å². The lowest BCUT2D eigenvalue weighted by molar-refractivity contribution is 0.286. The Hall–Kier alpha value is -3.13. The fourth-order valence-corrected chi connectivity index (χ4v) is 7.63. The van der Waals surface area contributed by atoms with Crippen LogP contribution in [0.25, 0.3) is 11.1 Å². The molecule has 2 aliphatic carbocycles. The summed E-state index contributed by atoms with van der Waals surface area (Å²) in [6.45, 7) is 4.55. The minimum atomic E-state index is 0.124. The molecule has 4 heteroatoms. The lowest BCUT2D eigenvalue weighted by Crippen LogP contribution is -2.23. The molecule has 6 rings (SSSR count). The van der Waals surface area contributed by atoms with Gasteiger partial charge in [0, 0.05) is 23.2 Å². The molecular weight excluding hydrogens is 509 g/mol. The van der Waals surface area contributed by atoms with Crippen LogP contribution in [-0.4, -0.2) is 9.78 Å². The van der Waals surface area contributed by atoms with E-state index in [0.29, 0.717) is 5.75 Å². The molecule has 0 bridgehead atoms. The predicted molar refractivity (Wildman–Crippen MR) is 167 cm³/mol. The van der Waals surface area contributed by atoms with Crippen molar-refractivity contribution in [1.29, 1.82) is 0 Å². The standard InChI is InChI=1S/C36H40NO2P/c1-25(27-13-5-3-6-14-27)37(26(2)28-15-7-4-8-16-28)40-39-34-24-22-30-18-10-12-20-32(30)36(34)35-31-19-11-9-17-29(31)21-23-33(35)38/h3-8,13-16,21-26,38,40H,9-12,17-20H2,1-2H3/t25-,26-/m0/s1. The third kappa shape index (κ3) is 5.42. The molecule has 0 spiro atoms. The summed E-state index contributed by atoms with van der Waals surface area (Å²) in [5, 5.41) is 11.3. The highest BCUT2D eigenvalue weighted by Gasteiger charge is 2.28. The first-order valence-corrected chi connectivity index (χ1v) is 15.8. The van der Waals surface area contributed by atoms with E-state index in [2.05, 4.69) is 97.4 Å². The zero-order chi connectivity index (χ0) is 27.5. The zero-order valence-corrected chi connectivity index (χ0v) is 24.7. The average molecular weight is 550 g/mol. The van der Waals surface area contributed by atoms with E-state index in [1.165, 1.54) is 59.1 Å². The maximum atomic E-state index is 11.3. The van der Waals surface area contributed by atoms with Crippen LogP contribution in [0.1, 0.15) is 85.0 Å². The molecule has 0 aromatic heterocycles. The molecule has 0 heterocycles. The second-order valence-corrected chi connectivity index (χ2v) is 12.3. The Morgan fingerprint density at radius 1 is 0.625 bits per heavy atom. The van der Waals surface area contributed by atoms with Crippen molar-refractivity contribution in [3.63, 3.8) is 0 Å². The molecule has 2 aliphatic rings. The summed E-state index contributed by atoms with van der Waals surface area (Å²) < 4.78 is 9.36. The Balaban J connectivity index is 1.41. The topological polar surface area (TPSA) is 32.7 Å². The number of aryl methyl sites for hydroxylation is 2. The van der Waals surface area contributed by atoms with Gasteiger partial charge < -0.3 is 9.63 Å². The molecule has 1 unspecified atom stereocenters. The van der Waals surface area contributed by atoms with Gasteiger partial charge in [-0.2, -0.15) is 0 Å². The van der Waals surface area contributed by atoms with Crippen molar-refractivity contribution >= 4 is 8.96 Å². The lowest BCUT2D eigenvalue weighted by atomic mass is 9.80. The predicted octanol–water partition coefficient (Wildman–Crippen LogP) is 9.53. The first kappa shape index (κ1) is 27.1.